The summed E-state index contributed by atoms with van der Waals surface area (Å²) in [6.45, 7) is 9.98. The first-order valence-corrected chi connectivity index (χ1v) is 15.7. The largest absolute Gasteiger partial charge is 0.413 e. The van der Waals surface area contributed by atoms with Crippen molar-refractivity contribution in [2.75, 3.05) is 44.1 Å². The van der Waals surface area contributed by atoms with Crippen molar-refractivity contribution in [2.45, 2.75) is 31.1 Å². The zero-order valence-corrected chi connectivity index (χ0v) is 25.6. The van der Waals surface area contributed by atoms with Crippen LogP contribution in [0.5, 0.6) is 5.88 Å². The molecule has 0 bridgehead atoms. The molecule has 0 aliphatic carbocycles. The van der Waals surface area contributed by atoms with Gasteiger partial charge in [-0.15, -0.1) is 0 Å². The van der Waals surface area contributed by atoms with Gasteiger partial charge >= 0.3 is 6.09 Å². The van der Waals surface area contributed by atoms with E-state index in [2.05, 4.69) is 19.9 Å². The predicted octanol–water partition coefficient (Wildman–Crippen LogP) is 5.36. The molecule has 1 aliphatic rings. The Hall–Kier alpha value is -4.44. The third-order valence-corrected chi connectivity index (χ3v) is 8.82. The standard InChI is InChI=1S/C32H34FN5O5S/c1-32(2,3)23-5-8-25(9-6-23)44(40,41)37-24-7-11-28-26(19-24)29(21-4-10-27(33)22(18-21)20-34)30(36-28)43-31(39)35-12-13-38-14-16-42-17-15-38/h4-11,18-19,36-37H,12-17H2,1-3H3,(H,35,39). The summed E-state index contributed by atoms with van der Waals surface area (Å²) >= 11 is 0. The number of aromatic nitrogens is 1. The Morgan fingerprint density at radius 2 is 1.82 bits per heavy atom. The van der Waals surface area contributed by atoms with E-state index in [1.165, 1.54) is 12.1 Å². The highest BCUT2D eigenvalue weighted by Gasteiger charge is 2.22. The fraction of sp³-hybridized carbons (Fsp3) is 0.312. The molecule has 0 unspecified atom stereocenters. The van der Waals surface area contributed by atoms with Crippen molar-refractivity contribution in [2.24, 2.45) is 0 Å². The number of fused-ring (bicyclic) bond motifs is 1. The number of sulfonamides is 1. The fourth-order valence-corrected chi connectivity index (χ4v) is 6.03. The number of hydrogen-bond acceptors (Lipinski definition) is 7. The van der Waals surface area contributed by atoms with Gasteiger partial charge in [-0.2, -0.15) is 5.26 Å². The van der Waals surface area contributed by atoms with E-state index >= 15 is 0 Å². The molecule has 1 amide bonds. The molecule has 230 valence electrons. The molecule has 3 aromatic carbocycles. The lowest BCUT2D eigenvalue weighted by Gasteiger charge is -2.26. The third-order valence-electron chi connectivity index (χ3n) is 7.42. The second-order valence-corrected chi connectivity index (χ2v) is 13.2. The van der Waals surface area contributed by atoms with Crippen molar-refractivity contribution in [3.8, 4) is 23.1 Å². The molecule has 1 aliphatic heterocycles. The lowest BCUT2D eigenvalue weighted by atomic mass is 9.87. The summed E-state index contributed by atoms with van der Waals surface area (Å²) < 4.78 is 54.4. The molecule has 5 rings (SSSR count). The molecule has 0 spiro atoms. The number of halogens is 1. The van der Waals surface area contributed by atoms with Crippen molar-refractivity contribution in [3.05, 3.63) is 77.6 Å². The number of anilines is 1. The van der Waals surface area contributed by atoms with Crippen LogP contribution in [0.4, 0.5) is 14.9 Å². The van der Waals surface area contributed by atoms with Crippen LogP contribution in [0.2, 0.25) is 0 Å². The Morgan fingerprint density at radius 1 is 1.09 bits per heavy atom. The van der Waals surface area contributed by atoms with E-state index < -0.39 is 21.9 Å². The number of carbonyl (C=O) groups is 1. The predicted molar refractivity (Wildman–Crippen MR) is 166 cm³/mol. The summed E-state index contributed by atoms with van der Waals surface area (Å²) in [4.78, 5) is 18.1. The van der Waals surface area contributed by atoms with Crippen molar-refractivity contribution >= 4 is 32.7 Å². The van der Waals surface area contributed by atoms with Crippen molar-refractivity contribution in [1.29, 1.82) is 5.26 Å². The molecule has 1 aromatic heterocycles. The van der Waals surface area contributed by atoms with E-state index in [-0.39, 0.29) is 27.4 Å². The highest BCUT2D eigenvalue weighted by atomic mass is 32.2. The summed E-state index contributed by atoms with van der Waals surface area (Å²) in [5.74, 6) is -0.623. The van der Waals surface area contributed by atoms with Gasteiger partial charge in [-0.05, 0) is 59.0 Å². The maximum Gasteiger partial charge on any atom is 0.413 e. The lowest BCUT2D eigenvalue weighted by molar-refractivity contribution is 0.0385. The van der Waals surface area contributed by atoms with Crippen molar-refractivity contribution in [1.82, 2.24) is 15.2 Å². The van der Waals surface area contributed by atoms with Crippen LogP contribution in [-0.2, 0) is 20.2 Å². The van der Waals surface area contributed by atoms with Gasteiger partial charge in [0.05, 0.1) is 29.2 Å². The van der Waals surface area contributed by atoms with Gasteiger partial charge in [-0.25, -0.2) is 17.6 Å². The Kier molecular flexibility index (Phi) is 8.92. The number of benzene rings is 3. The van der Waals surface area contributed by atoms with Gasteiger partial charge < -0.3 is 19.8 Å². The zero-order chi connectivity index (χ0) is 31.5. The molecule has 1 saturated heterocycles. The maximum absolute atomic E-state index is 14.2. The van der Waals surface area contributed by atoms with Crippen molar-refractivity contribution < 1.29 is 27.1 Å². The summed E-state index contributed by atoms with van der Waals surface area (Å²) in [6.07, 6.45) is -0.701. The average Bonchev–Trinajstić information content (AvgIpc) is 3.34. The number of amides is 1. The number of nitrogens with zero attached hydrogens (tertiary/aromatic N) is 2. The zero-order valence-electron chi connectivity index (χ0n) is 24.7. The monoisotopic (exact) mass is 619 g/mol. The number of carbonyl (C=O) groups excluding carboxylic acids is 1. The average molecular weight is 620 g/mol. The van der Waals surface area contributed by atoms with Gasteiger partial charge in [-0.3, -0.25) is 9.62 Å². The van der Waals surface area contributed by atoms with Gasteiger partial charge in [-0.1, -0.05) is 39.0 Å². The van der Waals surface area contributed by atoms with Crippen LogP contribution in [0.15, 0.2) is 65.6 Å². The van der Waals surface area contributed by atoms with Gasteiger partial charge in [0.15, 0.2) is 0 Å². The van der Waals surface area contributed by atoms with Gasteiger partial charge in [0.2, 0.25) is 5.88 Å². The molecule has 12 heteroatoms. The number of morpholine rings is 1. The Bertz CT molecular complexity index is 1820. The van der Waals surface area contributed by atoms with Crippen LogP contribution < -0.4 is 14.8 Å². The minimum Gasteiger partial charge on any atom is -0.393 e. The maximum atomic E-state index is 14.2. The minimum absolute atomic E-state index is 0.0668. The molecule has 10 nitrogen and oxygen atoms in total. The van der Waals surface area contributed by atoms with E-state index in [0.29, 0.717) is 48.3 Å². The first kappa shape index (κ1) is 31.0. The number of nitriles is 1. The molecule has 3 N–H and O–H groups in total. The highest BCUT2D eigenvalue weighted by molar-refractivity contribution is 7.92. The molecule has 0 atom stereocenters. The number of hydrogen-bond donors (Lipinski definition) is 3. The SMILES string of the molecule is CC(C)(C)c1ccc(S(=O)(=O)Nc2ccc3[nH]c(OC(=O)NCCN4CCOCC4)c(-c4ccc(F)c(C#N)c4)c3c2)cc1. The molecule has 1 fully saturated rings. The molecule has 0 radical (unpaired) electrons. The first-order valence-electron chi connectivity index (χ1n) is 14.2. The molecular formula is C32H34FN5O5S. The summed E-state index contributed by atoms with van der Waals surface area (Å²) in [6, 6.07) is 17.4. The van der Waals surface area contributed by atoms with Crippen LogP contribution >= 0.6 is 0 Å². The van der Waals surface area contributed by atoms with E-state index in [1.807, 2.05) is 26.8 Å². The molecular weight excluding hydrogens is 585 g/mol. The topological polar surface area (TPSA) is 137 Å². The minimum atomic E-state index is -3.93. The van der Waals surface area contributed by atoms with Gasteiger partial charge in [0.1, 0.15) is 11.9 Å². The summed E-state index contributed by atoms with van der Waals surface area (Å²) in [7, 11) is -3.93. The number of H-pyrrole nitrogens is 1. The number of nitrogens with one attached hydrogen (secondary N) is 3. The second kappa shape index (κ2) is 12.7. The summed E-state index contributed by atoms with van der Waals surface area (Å²) in [5.41, 5.74) is 2.27. The molecule has 0 saturated carbocycles. The van der Waals surface area contributed by atoms with Crippen LogP contribution in [0.25, 0.3) is 22.0 Å². The quantitative estimate of drug-likeness (QED) is 0.241. The smallest absolute Gasteiger partial charge is 0.393 e. The number of rotatable bonds is 8. The van der Waals surface area contributed by atoms with Crippen molar-refractivity contribution in [3.63, 3.8) is 0 Å². The van der Waals surface area contributed by atoms with Gasteiger partial charge in [0.25, 0.3) is 10.0 Å². The van der Waals surface area contributed by atoms with E-state index in [1.54, 1.807) is 42.5 Å². The fourth-order valence-electron chi connectivity index (χ4n) is 4.98. The Labute approximate surface area is 255 Å². The van der Waals surface area contributed by atoms with Crippen LogP contribution in [0.3, 0.4) is 0 Å². The highest BCUT2D eigenvalue weighted by Crippen LogP contribution is 2.39. The molecule has 4 aromatic rings. The van der Waals surface area contributed by atoms with E-state index in [4.69, 9.17) is 9.47 Å². The molecule has 2 heterocycles. The second-order valence-electron chi connectivity index (χ2n) is 11.5. The van der Waals surface area contributed by atoms with E-state index in [9.17, 15) is 22.9 Å². The van der Waals surface area contributed by atoms with Crippen LogP contribution in [0, 0.1) is 17.1 Å². The Balaban J connectivity index is 1.44. The number of ether oxygens (including phenoxy) is 2. The van der Waals surface area contributed by atoms with Crippen LogP contribution in [-0.4, -0.2) is 63.8 Å². The Morgan fingerprint density at radius 3 is 2.50 bits per heavy atom. The molecule has 44 heavy (non-hydrogen) atoms. The van der Waals surface area contributed by atoms with Crippen LogP contribution in [0.1, 0.15) is 31.9 Å². The third kappa shape index (κ3) is 7.02. The number of aromatic amines is 1. The summed E-state index contributed by atoms with van der Waals surface area (Å²) in [5, 5.41) is 12.7. The van der Waals surface area contributed by atoms with E-state index in [0.717, 1.165) is 24.7 Å². The lowest BCUT2D eigenvalue weighted by Crippen LogP contribution is -2.41. The van der Waals surface area contributed by atoms with Gasteiger partial charge in [0, 0.05) is 42.8 Å². The normalized spacial score (nSPS) is 14.2. The first-order chi connectivity index (χ1) is 20.9.